The monoisotopic (exact) mass is 172 g/mol. The van der Waals surface area contributed by atoms with Crippen LogP contribution in [-0.2, 0) is 0 Å². The van der Waals surface area contributed by atoms with Crippen molar-refractivity contribution >= 4 is 0 Å². The number of hydrogen-bond acceptors (Lipinski definition) is 4. The van der Waals surface area contributed by atoms with Gasteiger partial charge in [-0.15, -0.1) is 0 Å². The van der Waals surface area contributed by atoms with Crippen LogP contribution in [0.3, 0.4) is 0 Å². The Kier molecular flexibility index (Phi) is 3.46. The summed E-state index contributed by atoms with van der Waals surface area (Å²) in [5, 5.41) is 2.13. The normalized spacial score (nSPS) is 24.2. The first kappa shape index (κ1) is 9.92. The van der Waals surface area contributed by atoms with Crippen molar-refractivity contribution in [3.05, 3.63) is 0 Å². The molecule has 72 valence electrons. The average molecular weight is 172 g/mol. The summed E-state index contributed by atoms with van der Waals surface area (Å²) in [6.07, 6.45) is 3.15. The van der Waals surface area contributed by atoms with Gasteiger partial charge in [-0.05, 0) is 19.3 Å². The fraction of sp³-hybridized carbons (Fsp3) is 1.00. The Balaban J connectivity index is 2.26. The van der Waals surface area contributed by atoms with Crippen LogP contribution in [0.2, 0.25) is 0 Å². The van der Waals surface area contributed by atoms with E-state index in [1.165, 1.54) is 0 Å². The van der Waals surface area contributed by atoms with E-state index in [0.717, 1.165) is 38.9 Å². The number of nitrogens with zero attached hydrogens (tertiary/aromatic N) is 1. The van der Waals surface area contributed by atoms with Gasteiger partial charge in [0, 0.05) is 19.6 Å². The van der Waals surface area contributed by atoms with Gasteiger partial charge in [0.2, 0.25) is 0 Å². The Hall–Kier alpha value is -0.160. The summed E-state index contributed by atoms with van der Waals surface area (Å²) in [6.45, 7) is 4.98. The van der Waals surface area contributed by atoms with Crippen molar-refractivity contribution in [2.75, 3.05) is 19.6 Å². The number of hydrogen-bond donors (Lipinski definition) is 3. The molecule has 0 bridgehead atoms. The van der Waals surface area contributed by atoms with Crippen LogP contribution in [0.4, 0.5) is 0 Å². The van der Waals surface area contributed by atoms with Gasteiger partial charge in [-0.2, -0.15) is 0 Å². The molecule has 0 aromatic heterocycles. The highest BCUT2D eigenvalue weighted by Gasteiger charge is 2.26. The van der Waals surface area contributed by atoms with Crippen LogP contribution >= 0.6 is 0 Å². The maximum atomic E-state index is 5.84. The molecule has 0 aromatic rings. The highest BCUT2D eigenvalue weighted by atomic mass is 15.5. The van der Waals surface area contributed by atoms with E-state index >= 15 is 0 Å². The zero-order chi connectivity index (χ0) is 9.03. The van der Waals surface area contributed by atoms with Crippen LogP contribution in [0.5, 0.6) is 0 Å². The predicted octanol–water partition coefficient (Wildman–Crippen LogP) is -0.389. The lowest BCUT2D eigenvalue weighted by Crippen LogP contribution is -2.63. The van der Waals surface area contributed by atoms with Crippen LogP contribution in [0.25, 0.3) is 0 Å². The molecule has 1 rings (SSSR count). The van der Waals surface area contributed by atoms with Crippen molar-refractivity contribution < 1.29 is 0 Å². The fourth-order valence-electron chi connectivity index (χ4n) is 1.52. The number of hydrazine groups is 1. The summed E-state index contributed by atoms with van der Waals surface area (Å²) >= 11 is 0. The summed E-state index contributed by atoms with van der Waals surface area (Å²) in [5.74, 6) is 0. The second-order valence-electron chi connectivity index (χ2n) is 3.67. The first-order valence-corrected chi connectivity index (χ1v) is 4.70. The second kappa shape index (κ2) is 4.18. The van der Waals surface area contributed by atoms with E-state index in [4.69, 9.17) is 11.5 Å². The smallest absolute Gasteiger partial charge is 0.0782 e. The molecule has 1 saturated heterocycles. The highest BCUT2D eigenvalue weighted by Crippen LogP contribution is 2.11. The number of piperidine rings is 1. The van der Waals surface area contributed by atoms with Gasteiger partial charge in [-0.1, -0.05) is 6.92 Å². The first-order chi connectivity index (χ1) is 5.64. The lowest BCUT2D eigenvalue weighted by Gasteiger charge is -2.37. The summed E-state index contributed by atoms with van der Waals surface area (Å²) in [7, 11) is 0. The van der Waals surface area contributed by atoms with Gasteiger partial charge in [0.05, 0.1) is 5.66 Å². The molecule has 1 aliphatic rings. The van der Waals surface area contributed by atoms with E-state index in [1.54, 1.807) is 0 Å². The van der Waals surface area contributed by atoms with Gasteiger partial charge < -0.3 is 11.5 Å². The molecule has 1 fully saturated rings. The molecule has 0 aliphatic carbocycles. The molecule has 4 nitrogen and oxygen atoms in total. The number of nitrogens with two attached hydrogens (primary N) is 2. The van der Waals surface area contributed by atoms with Crippen molar-refractivity contribution in [2.24, 2.45) is 11.5 Å². The quantitative estimate of drug-likeness (QED) is 0.507. The van der Waals surface area contributed by atoms with E-state index in [9.17, 15) is 0 Å². The van der Waals surface area contributed by atoms with E-state index < -0.39 is 5.66 Å². The van der Waals surface area contributed by atoms with Crippen LogP contribution in [0.1, 0.15) is 26.2 Å². The molecule has 0 spiro atoms. The summed E-state index contributed by atoms with van der Waals surface area (Å²) < 4.78 is 0. The van der Waals surface area contributed by atoms with Crippen LogP contribution in [0, 0.1) is 0 Å². The minimum absolute atomic E-state index is 0.487. The van der Waals surface area contributed by atoms with Gasteiger partial charge in [-0.25, -0.2) is 5.01 Å². The molecule has 5 N–H and O–H groups in total. The molecule has 12 heavy (non-hydrogen) atoms. The molecule has 0 radical (unpaired) electrons. The molecule has 0 amide bonds. The van der Waals surface area contributed by atoms with Gasteiger partial charge in [0.15, 0.2) is 0 Å². The van der Waals surface area contributed by atoms with Crippen molar-refractivity contribution in [1.29, 1.82) is 0 Å². The van der Waals surface area contributed by atoms with Gasteiger partial charge >= 0.3 is 0 Å². The molecule has 0 aromatic carbocycles. The van der Waals surface area contributed by atoms with E-state index in [1.807, 2.05) is 0 Å². The maximum Gasteiger partial charge on any atom is 0.0782 e. The van der Waals surface area contributed by atoms with Crippen LogP contribution < -0.4 is 16.9 Å². The summed E-state index contributed by atoms with van der Waals surface area (Å²) in [4.78, 5) is 0. The third kappa shape index (κ3) is 3.06. The lowest BCUT2D eigenvalue weighted by atomic mass is 10.0. The Morgan fingerprint density at radius 2 is 2.25 bits per heavy atom. The average Bonchev–Trinajstić information content (AvgIpc) is 1.99. The molecule has 1 aliphatic heterocycles. The summed E-state index contributed by atoms with van der Waals surface area (Å²) in [6, 6.07) is 0. The second-order valence-corrected chi connectivity index (χ2v) is 3.67. The zero-order valence-electron chi connectivity index (χ0n) is 7.84. The third-order valence-electron chi connectivity index (χ3n) is 2.14. The van der Waals surface area contributed by atoms with E-state index in [-0.39, 0.29) is 0 Å². The van der Waals surface area contributed by atoms with Gasteiger partial charge in [0.1, 0.15) is 0 Å². The lowest BCUT2D eigenvalue weighted by molar-refractivity contribution is 0.0998. The zero-order valence-corrected chi connectivity index (χ0v) is 7.84. The number of nitrogens with one attached hydrogen (secondary N) is 1. The predicted molar refractivity (Wildman–Crippen MR) is 50.2 cm³/mol. The highest BCUT2D eigenvalue weighted by molar-refractivity contribution is 4.84. The van der Waals surface area contributed by atoms with Gasteiger partial charge in [-0.3, -0.25) is 5.43 Å². The van der Waals surface area contributed by atoms with Crippen LogP contribution in [-0.4, -0.2) is 30.3 Å². The molecular weight excluding hydrogens is 152 g/mol. The first-order valence-electron chi connectivity index (χ1n) is 4.70. The Labute approximate surface area is 74.2 Å². The maximum absolute atomic E-state index is 5.84. The molecule has 0 unspecified atom stereocenters. The minimum atomic E-state index is -0.487. The summed E-state index contributed by atoms with van der Waals surface area (Å²) in [5.41, 5.74) is 14.5. The van der Waals surface area contributed by atoms with Crippen molar-refractivity contribution in [3.63, 3.8) is 0 Å². The fourth-order valence-corrected chi connectivity index (χ4v) is 1.52. The molecule has 0 atom stereocenters. The van der Waals surface area contributed by atoms with Crippen molar-refractivity contribution in [3.8, 4) is 0 Å². The minimum Gasteiger partial charge on any atom is -0.312 e. The van der Waals surface area contributed by atoms with E-state index in [2.05, 4.69) is 17.4 Å². The molecular formula is C8H20N4. The topological polar surface area (TPSA) is 67.3 Å². The molecule has 0 saturated carbocycles. The Morgan fingerprint density at radius 3 is 2.83 bits per heavy atom. The van der Waals surface area contributed by atoms with Crippen LogP contribution in [0.15, 0.2) is 0 Å². The Bertz CT molecular complexity index is 135. The Morgan fingerprint density at radius 1 is 1.50 bits per heavy atom. The SMILES string of the molecule is CCCNN1CCCC(N)(N)C1. The van der Waals surface area contributed by atoms with E-state index in [0.29, 0.717) is 0 Å². The molecule has 4 heteroatoms. The van der Waals surface area contributed by atoms with Crippen molar-refractivity contribution in [2.45, 2.75) is 31.8 Å². The largest absolute Gasteiger partial charge is 0.312 e. The standard InChI is InChI=1S/C8H20N4/c1-2-5-11-12-6-3-4-8(9,10)7-12/h11H,2-7,9-10H2,1H3. The molecule has 1 heterocycles. The van der Waals surface area contributed by atoms with Crippen molar-refractivity contribution in [1.82, 2.24) is 10.4 Å². The number of rotatable bonds is 3. The third-order valence-corrected chi connectivity index (χ3v) is 2.14. The van der Waals surface area contributed by atoms with Gasteiger partial charge in [0.25, 0.3) is 0 Å².